The van der Waals surface area contributed by atoms with Gasteiger partial charge in [-0.2, -0.15) is 0 Å². The van der Waals surface area contributed by atoms with Gasteiger partial charge in [-0.15, -0.1) is 35.1 Å². The molecule has 1 aliphatic carbocycles. The lowest BCUT2D eigenvalue weighted by Crippen LogP contribution is -2.36. The van der Waals surface area contributed by atoms with Gasteiger partial charge in [0.15, 0.2) is 13.9 Å². The summed E-state index contributed by atoms with van der Waals surface area (Å²) in [6, 6.07) is 0. The lowest BCUT2D eigenvalue weighted by Gasteiger charge is -2.16. The number of alkyl halides is 1. The van der Waals surface area contributed by atoms with E-state index in [1.54, 1.807) is 18.7 Å². The third-order valence-corrected chi connectivity index (χ3v) is 10.3. The molecule has 0 aromatic heterocycles. The highest BCUT2D eigenvalue weighted by Crippen LogP contribution is 2.80. The fourth-order valence-corrected chi connectivity index (χ4v) is 8.78. The highest BCUT2D eigenvalue weighted by Gasteiger charge is 2.82. The molecule has 3 rings (SSSR count). The Morgan fingerprint density at radius 3 is 2.93 bits per heavy atom. The second-order valence-corrected chi connectivity index (χ2v) is 10.0. The van der Waals surface area contributed by atoms with Crippen LogP contribution in [0, 0.1) is 0 Å². The van der Waals surface area contributed by atoms with Crippen molar-refractivity contribution in [1.29, 1.82) is 0 Å². The lowest BCUT2D eigenvalue weighted by atomic mass is 10.1. The molecule has 0 aromatic carbocycles. The molecule has 0 saturated carbocycles. The van der Waals surface area contributed by atoms with Gasteiger partial charge < -0.3 is 0 Å². The van der Waals surface area contributed by atoms with Gasteiger partial charge in [0.1, 0.15) is 4.21 Å². The Hall–Kier alpha value is 0.680. The van der Waals surface area contributed by atoms with Gasteiger partial charge in [0.2, 0.25) is 0 Å². The molecule has 6 heteroatoms. The highest BCUT2D eigenvalue weighted by atomic mass is 35.5. The number of hydrogen-bond acceptors (Lipinski definition) is 4. The molecule has 0 bridgehead atoms. The van der Waals surface area contributed by atoms with Crippen molar-refractivity contribution in [2.75, 3.05) is 5.75 Å². The first kappa shape index (κ1) is 9.87. The Morgan fingerprint density at radius 2 is 2.29 bits per heavy atom. The Balaban J connectivity index is 2.10. The molecule has 2 fully saturated rings. The number of thioether (sulfide) groups is 2. The van der Waals surface area contributed by atoms with Crippen molar-refractivity contribution in [3.63, 3.8) is 0 Å². The van der Waals surface area contributed by atoms with E-state index < -0.39 is 18.1 Å². The topological polar surface area (TPSA) is 34.1 Å². The average Bonchev–Trinajstić information content (AvgIpc) is 2.94. The summed E-state index contributed by atoms with van der Waals surface area (Å²) >= 11 is 9.54. The number of rotatable bonds is 2. The minimum absolute atomic E-state index is 0.168. The average molecular weight is 269 g/mol. The molecule has 0 amide bonds. The van der Waals surface area contributed by atoms with Gasteiger partial charge in [-0.25, -0.2) is 8.42 Å². The van der Waals surface area contributed by atoms with Crippen LogP contribution in [0.25, 0.3) is 0 Å². The summed E-state index contributed by atoms with van der Waals surface area (Å²) in [5, 5.41) is 0.767. The Bertz CT molecular complexity index is 432. The number of halogens is 1. The highest BCUT2D eigenvalue weighted by molar-refractivity contribution is 8.25. The zero-order valence-corrected chi connectivity index (χ0v) is 10.6. The first-order valence-electron chi connectivity index (χ1n) is 4.43. The van der Waals surface area contributed by atoms with Crippen LogP contribution in [0.4, 0.5) is 0 Å². The van der Waals surface area contributed by atoms with Gasteiger partial charge in [0, 0.05) is 11.0 Å². The third-order valence-electron chi connectivity index (χ3n) is 2.97. The van der Waals surface area contributed by atoms with E-state index in [0.717, 1.165) is 0 Å². The van der Waals surface area contributed by atoms with Gasteiger partial charge >= 0.3 is 0 Å². The van der Waals surface area contributed by atoms with E-state index in [1.807, 2.05) is 12.2 Å². The second-order valence-electron chi connectivity index (χ2n) is 3.70. The summed E-state index contributed by atoms with van der Waals surface area (Å²) in [4.78, 5) is 0. The quantitative estimate of drug-likeness (QED) is 0.435. The summed E-state index contributed by atoms with van der Waals surface area (Å²) in [7, 11) is -3.08. The zero-order chi connectivity index (χ0) is 10.2. The molecular weight excluding hydrogens is 260 g/mol. The van der Waals surface area contributed by atoms with Crippen molar-refractivity contribution >= 4 is 45.0 Å². The molecule has 3 aliphatic rings. The SMILES string of the molecule is CCS(=O)(=O)C12C=CC3SC3C1(Cl)S2. The van der Waals surface area contributed by atoms with Crippen molar-refractivity contribution < 1.29 is 8.42 Å². The number of fused-ring (bicyclic) bond motifs is 3. The van der Waals surface area contributed by atoms with E-state index in [1.165, 1.54) is 11.8 Å². The summed E-state index contributed by atoms with van der Waals surface area (Å²) in [6.07, 6.45) is 3.81. The van der Waals surface area contributed by atoms with Gasteiger partial charge in [-0.1, -0.05) is 19.1 Å². The van der Waals surface area contributed by atoms with Gasteiger partial charge in [0.05, 0.1) is 5.25 Å². The Morgan fingerprint density at radius 1 is 1.57 bits per heavy atom. The van der Waals surface area contributed by atoms with Crippen LogP contribution < -0.4 is 0 Å². The minimum Gasteiger partial charge on any atom is -0.227 e. The number of hydrogen-bond donors (Lipinski definition) is 0. The fourth-order valence-electron chi connectivity index (χ4n) is 1.98. The molecule has 2 heterocycles. The maximum atomic E-state index is 11.9. The normalized spacial score (nSPS) is 53.6. The molecule has 2 aliphatic heterocycles. The Kier molecular flexibility index (Phi) is 1.76. The first-order valence-corrected chi connectivity index (χ1v) is 8.22. The van der Waals surface area contributed by atoms with Crippen LogP contribution in [0.2, 0.25) is 0 Å². The molecule has 2 saturated heterocycles. The molecule has 0 N–H and O–H groups in total. The molecule has 4 atom stereocenters. The zero-order valence-electron chi connectivity index (χ0n) is 7.44. The van der Waals surface area contributed by atoms with E-state index in [2.05, 4.69) is 0 Å². The summed E-state index contributed by atoms with van der Waals surface area (Å²) < 4.78 is 22.5. The van der Waals surface area contributed by atoms with E-state index in [-0.39, 0.29) is 5.75 Å². The maximum absolute atomic E-state index is 11.9. The lowest BCUT2D eigenvalue weighted by molar-refractivity contribution is 0.584. The maximum Gasteiger partial charge on any atom is 0.171 e. The van der Waals surface area contributed by atoms with Crippen LogP contribution in [0.5, 0.6) is 0 Å². The van der Waals surface area contributed by atoms with Crippen LogP contribution in [0.1, 0.15) is 6.92 Å². The van der Waals surface area contributed by atoms with E-state index in [4.69, 9.17) is 11.6 Å². The van der Waals surface area contributed by atoms with Crippen molar-refractivity contribution in [1.82, 2.24) is 0 Å². The standard InChI is InChI=1S/C8H9ClO2S3/c1-2-14(10,11)7-4-3-5-6(12-5)8(7,9)13-7/h3-6H,2H2,1H3. The molecule has 2 nitrogen and oxygen atoms in total. The van der Waals surface area contributed by atoms with Gasteiger partial charge in [-0.05, 0) is 0 Å². The Labute approximate surface area is 96.8 Å². The largest absolute Gasteiger partial charge is 0.227 e. The van der Waals surface area contributed by atoms with Crippen LogP contribution >= 0.6 is 35.1 Å². The van der Waals surface area contributed by atoms with E-state index in [0.29, 0.717) is 10.5 Å². The summed E-state index contributed by atoms with van der Waals surface area (Å²) in [5.74, 6) is 0.168. The van der Waals surface area contributed by atoms with Crippen LogP contribution in [-0.2, 0) is 9.84 Å². The van der Waals surface area contributed by atoms with Gasteiger partial charge in [0.25, 0.3) is 0 Å². The number of sulfone groups is 1. The second kappa shape index (κ2) is 2.50. The molecule has 0 radical (unpaired) electrons. The van der Waals surface area contributed by atoms with E-state index >= 15 is 0 Å². The predicted molar refractivity (Wildman–Crippen MR) is 62.7 cm³/mol. The smallest absolute Gasteiger partial charge is 0.171 e. The molecule has 0 aromatic rings. The monoisotopic (exact) mass is 268 g/mol. The van der Waals surface area contributed by atoms with Crippen molar-refractivity contribution in [2.24, 2.45) is 0 Å². The van der Waals surface area contributed by atoms with Crippen LogP contribution in [0.3, 0.4) is 0 Å². The minimum atomic E-state index is -3.08. The predicted octanol–water partition coefficient (Wildman–Crippen LogP) is 1.85. The van der Waals surface area contributed by atoms with Crippen LogP contribution in [-0.4, -0.2) is 33.0 Å². The van der Waals surface area contributed by atoms with Crippen molar-refractivity contribution in [3.8, 4) is 0 Å². The van der Waals surface area contributed by atoms with Gasteiger partial charge in [-0.3, -0.25) is 0 Å². The molecule has 78 valence electrons. The molecule has 4 unspecified atom stereocenters. The van der Waals surface area contributed by atoms with E-state index in [9.17, 15) is 8.42 Å². The van der Waals surface area contributed by atoms with Crippen molar-refractivity contribution in [2.45, 2.75) is 25.7 Å². The molecule has 14 heavy (non-hydrogen) atoms. The molecule has 0 spiro atoms. The summed E-state index contributed by atoms with van der Waals surface area (Å²) in [5.41, 5.74) is 0. The fraction of sp³-hybridized carbons (Fsp3) is 0.750. The molecular formula is C8H9ClO2S3. The van der Waals surface area contributed by atoms with Crippen LogP contribution in [0.15, 0.2) is 12.2 Å². The first-order chi connectivity index (χ1) is 6.47. The summed E-state index contributed by atoms with van der Waals surface area (Å²) in [6.45, 7) is 1.68. The van der Waals surface area contributed by atoms with Crippen molar-refractivity contribution in [3.05, 3.63) is 12.2 Å². The third kappa shape index (κ3) is 0.907.